The number of rotatable bonds is 5. The summed E-state index contributed by atoms with van der Waals surface area (Å²) in [5, 5.41) is 0. The van der Waals surface area contributed by atoms with Gasteiger partial charge < -0.3 is 4.74 Å². The monoisotopic (exact) mass is 254 g/mol. The average Bonchev–Trinajstić information content (AvgIpc) is 2.86. The Morgan fingerprint density at radius 1 is 1.47 bits per heavy atom. The molecule has 0 fully saturated rings. The predicted octanol–water partition coefficient (Wildman–Crippen LogP) is 2.05. The van der Waals surface area contributed by atoms with Crippen LogP contribution < -0.4 is 11.3 Å². The molecule has 1 unspecified atom stereocenters. The number of halogens is 1. The maximum atomic E-state index is 13.4. The first-order chi connectivity index (χ1) is 8.31. The second-order valence-corrected chi connectivity index (χ2v) is 4.77. The molecule has 0 saturated heterocycles. The van der Waals surface area contributed by atoms with Crippen LogP contribution in [0.25, 0.3) is 0 Å². The zero-order valence-corrected chi connectivity index (χ0v) is 10.2. The van der Waals surface area contributed by atoms with Crippen molar-refractivity contribution in [1.29, 1.82) is 0 Å². The van der Waals surface area contributed by atoms with E-state index in [-0.39, 0.29) is 11.9 Å². The van der Waals surface area contributed by atoms with E-state index >= 15 is 0 Å². The Morgan fingerprint density at radius 3 is 2.94 bits per heavy atom. The second kappa shape index (κ2) is 6.05. The van der Waals surface area contributed by atoms with Crippen molar-refractivity contribution in [2.45, 2.75) is 17.4 Å². The quantitative estimate of drug-likeness (QED) is 0.479. The molecule has 2 rings (SSSR count). The van der Waals surface area contributed by atoms with Gasteiger partial charge in [-0.3, -0.25) is 5.84 Å². The van der Waals surface area contributed by atoms with Crippen LogP contribution in [-0.4, -0.2) is 18.4 Å². The number of nitrogens with one attached hydrogen (secondary N) is 1. The van der Waals surface area contributed by atoms with Crippen LogP contribution in [0.4, 0.5) is 4.39 Å². The summed E-state index contributed by atoms with van der Waals surface area (Å²) in [6, 6.07) is 6.65. The lowest BCUT2D eigenvalue weighted by Gasteiger charge is -2.16. The first kappa shape index (κ1) is 12.4. The van der Waals surface area contributed by atoms with Crippen molar-refractivity contribution in [2.24, 2.45) is 5.84 Å². The van der Waals surface area contributed by atoms with E-state index in [2.05, 4.69) is 5.43 Å². The van der Waals surface area contributed by atoms with Gasteiger partial charge >= 0.3 is 0 Å². The summed E-state index contributed by atoms with van der Waals surface area (Å²) in [6.07, 6.45) is 2.93. The van der Waals surface area contributed by atoms with E-state index in [9.17, 15) is 4.39 Å². The van der Waals surface area contributed by atoms with Crippen LogP contribution in [0.5, 0.6) is 0 Å². The molecule has 1 aliphatic heterocycles. The summed E-state index contributed by atoms with van der Waals surface area (Å²) in [4.78, 5) is 0.631. The molecular weight excluding hydrogens is 239 g/mol. The molecule has 1 atom stereocenters. The molecule has 1 aromatic carbocycles. The average molecular weight is 254 g/mol. The maximum Gasteiger partial charge on any atom is 0.136 e. The Kier molecular flexibility index (Phi) is 4.42. The lowest BCUT2D eigenvalue weighted by Crippen LogP contribution is -2.38. The molecule has 0 radical (unpaired) electrons. The van der Waals surface area contributed by atoms with E-state index in [4.69, 9.17) is 10.6 Å². The highest BCUT2D eigenvalue weighted by molar-refractivity contribution is 7.99. The molecule has 17 heavy (non-hydrogen) atoms. The Labute approximate surface area is 104 Å². The molecule has 1 heterocycles. The van der Waals surface area contributed by atoms with E-state index < -0.39 is 0 Å². The third kappa shape index (κ3) is 3.21. The van der Waals surface area contributed by atoms with E-state index in [1.807, 2.05) is 12.1 Å². The van der Waals surface area contributed by atoms with Gasteiger partial charge in [-0.2, -0.15) is 0 Å². The maximum absolute atomic E-state index is 13.4. The highest BCUT2D eigenvalue weighted by Crippen LogP contribution is 2.24. The van der Waals surface area contributed by atoms with Crippen LogP contribution in [0.15, 0.2) is 41.0 Å². The minimum atomic E-state index is -0.199. The molecule has 3 nitrogen and oxygen atoms in total. The lowest BCUT2D eigenvalue weighted by atomic mass is 10.3. The normalized spacial score (nSPS) is 16.5. The summed E-state index contributed by atoms with van der Waals surface area (Å²) < 4.78 is 18.8. The Bertz CT molecular complexity index is 411. The molecule has 0 saturated carbocycles. The van der Waals surface area contributed by atoms with Gasteiger partial charge in [-0.15, -0.1) is 11.8 Å². The molecular formula is C12H15FN2OS. The summed E-state index contributed by atoms with van der Waals surface area (Å²) in [5.74, 6) is 6.78. The van der Waals surface area contributed by atoms with Gasteiger partial charge in [0.05, 0.1) is 12.6 Å². The third-order valence-corrected chi connectivity index (χ3v) is 3.66. The molecule has 0 aromatic heterocycles. The molecule has 0 amide bonds. The Balaban J connectivity index is 1.94. The van der Waals surface area contributed by atoms with Crippen LogP contribution in [-0.2, 0) is 4.74 Å². The van der Waals surface area contributed by atoms with E-state index in [0.29, 0.717) is 17.3 Å². The zero-order valence-electron chi connectivity index (χ0n) is 9.36. The largest absolute Gasteiger partial charge is 0.496 e. The standard InChI is InChI=1S/C12H15FN2OS/c13-9-4-1-2-6-12(9)17-8-10(15-14)11-5-3-7-16-11/h1-2,4-6,10,15H,3,7-8,14H2. The lowest BCUT2D eigenvalue weighted by molar-refractivity contribution is 0.220. The molecule has 1 aromatic rings. The van der Waals surface area contributed by atoms with Gasteiger partial charge in [0.1, 0.15) is 11.6 Å². The minimum absolute atomic E-state index is 0.0675. The van der Waals surface area contributed by atoms with Gasteiger partial charge in [0.25, 0.3) is 0 Å². The number of hydrogen-bond donors (Lipinski definition) is 2. The van der Waals surface area contributed by atoms with E-state index in [0.717, 1.165) is 12.2 Å². The van der Waals surface area contributed by atoms with Gasteiger partial charge in [0, 0.05) is 17.1 Å². The van der Waals surface area contributed by atoms with Crippen LogP contribution in [0.1, 0.15) is 6.42 Å². The zero-order chi connectivity index (χ0) is 12.1. The summed E-state index contributed by atoms with van der Waals surface area (Å²) >= 11 is 1.43. The van der Waals surface area contributed by atoms with Crippen LogP contribution in [0.2, 0.25) is 0 Å². The number of benzene rings is 1. The third-order valence-electron chi connectivity index (χ3n) is 2.52. The van der Waals surface area contributed by atoms with Crippen molar-refractivity contribution in [2.75, 3.05) is 12.4 Å². The fraction of sp³-hybridized carbons (Fsp3) is 0.333. The molecule has 0 spiro atoms. The number of thioether (sulfide) groups is 1. The highest BCUT2D eigenvalue weighted by atomic mass is 32.2. The molecule has 92 valence electrons. The van der Waals surface area contributed by atoms with Crippen LogP contribution in [0.3, 0.4) is 0 Å². The summed E-state index contributed by atoms with van der Waals surface area (Å²) in [7, 11) is 0. The Hall–Kier alpha value is -1.04. The van der Waals surface area contributed by atoms with Crippen molar-refractivity contribution in [3.63, 3.8) is 0 Å². The molecule has 5 heteroatoms. The van der Waals surface area contributed by atoms with Gasteiger partial charge in [-0.25, -0.2) is 9.82 Å². The summed E-state index contributed by atoms with van der Waals surface area (Å²) in [6.45, 7) is 0.706. The second-order valence-electron chi connectivity index (χ2n) is 3.70. The van der Waals surface area contributed by atoms with Gasteiger partial charge in [-0.1, -0.05) is 12.1 Å². The first-order valence-electron chi connectivity index (χ1n) is 5.47. The number of ether oxygens (including phenoxy) is 1. The minimum Gasteiger partial charge on any atom is -0.496 e. The summed E-state index contributed by atoms with van der Waals surface area (Å²) in [5.41, 5.74) is 2.70. The van der Waals surface area contributed by atoms with E-state index in [1.54, 1.807) is 12.1 Å². The highest BCUT2D eigenvalue weighted by Gasteiger charge is 2.18. The Morgan fingerprint density at radius 2 is 2.29 bits per heavy atom. The first-order valence-corrected chi connectivity index (χ1v) is 6.46. The van der Waals surface area contributed by atoms with Gasteiger partial charge in [0.2, 0.25) is 0 Å². The number of nitrogens with two attached hydrogens (primary N) is 1. The molecule has 3 N–H and O–H groups in total. The van der Waals surface area contributed by atoms with Crippen molar-refractivity contribution in [3.8, 4) is 0 Å². The van der Waals surface area contributed by atoms with Crippen LogP contribution in [0, 0.1) is 5.82 Å². The van der Waals surface area contributed by atoms with Gasteiger partial charge in [0.15, 0.2) is 0 Å². The molecule has 0 bridgehead atoms. The van der Waals surface area contributed by atoms with Gasteiger partial charge in [-0.05, 0) is 18.2 Å². The van der Waals surface area contributed by atoms with Crippen molar-refractivity contribution >= 4 is 11.8 Å². The van der Waals surface area contributed by atoms with Crippen molar-refractivity contribution in [1.82, 2.24) is 5.43 Å². The fourth-order valence-corrected chi connectivity index (χ4v) is 2.61. The fourth-order valence-electron chi connectivity index (χ4n) is 1.63. The number of hydrazine groups is 1. The predicted molar refractivity (Wildman–Crippen MR) is 66.9 cm³/mol. The van der Waals surface area contributed by atoms with Crippen molar-refractivity contribution < 1.29 is 9.13 Å². The van der Waals surface area contributed by atoms with Crippen molar-refractivity contribution in [3.05, 3.63) is 41.9 Å². The van der Waals surface area contributed by atoms with E-state index in [1.165, 1.54) is 17.8 Å². The smallest absolute Gasteiger partial charge is 0.136 e. The SMILES string of the molecule is NNC(CSc1ccccc1F)C1=CCCO1. The van der Waals surface area contributed by atoms with Crippen LogP contribution >= 0.6 is 11.8 Å². The number of hydrogen-bond acceptors (Lipinski definition) is 4. The topological polar surface area (TPSA) is 47.3 Å². The molecule has 0 aliphatic carbocycles. The molecule has 1 aliphatic rings.